The van der Waals surface area contributed by atoms with Crippen LogP contribution in [-0.2, 0) is 11.8 Å². The van der Waals surface area contributed by atoms with Crippen molar-refractivity contribution in [3.63, 3.8) is 0 Å². The fraction of sp³-hybridized carbons (Fsp3) is 0.250. The highest BCUT2D eigenvalue weighted by molar-refractivity contribution is 5.96. The Kier molecular flexibility index (Phi) is 3.37. The molecule has 0 aliphatic carbocycles. The Morgan fingerprint density at radius 1 is 1.47 bits per heavy atom. The van der Waals surface area contributed by atoms with E-state index in [0.717, 1.165) is 5.69 Å². The summed E-state index contributed by atoms with van der Waals surface area (Å²) in [5, 5.41) is 4.14. The van der Waals surface area contributed by atoms with Crippen molar-refractivity contribution in [3.05, 3.63) is 29.6 Å². The van der Waals surface area contributed by atoms with Gasteiger partial charge in [-0.05, 0) is 13.0 Å². The molecule has 2 aromatic heterocycles. The van der Waals surface area contributed by atoms with Gasteiger partial charge >= 0.3 is 5.97 Å². The first-order valence-electron chi connectivity index (χ1n) is 5.54. The summed E-state index contributed by atoms with van der Waals surface area (Å²) in [6, 6.07) is 3.22. The van der Waals surface area contributed by atoms with E-state index >= 15 is 0 Å². The lowest BCUT2D eigenvalue weighted by molar-refractivity contribution is 0.0601. The topological polar surface area (TPSA) is 92.3 Å². The lowest BCUT2D eigenvalue weighted by Gasteiger charge is -2.09. The summed E-state index contributed by atoms with van der Waals surface area (Å²) in [5.74, 6) is 0.0931. The maximum atomic E-state index is 11.5. The second-order valence-electron chi connectivity index (χ2n) is 3.92. The van der Waals surface area contributed by atoms with Gasteiger partial charge in [0.05, 0.1) is 18.4 Å². The monoisotopic (exact) mass is 262 g/mol. The van der Waals surface area contributed by atoms with Gasteiger partial charge in [0.2, 0.25) is 11.8 Å². The normalized spacial score (nSPS) is 10.3. The van der Waals surface area contributed by atoms with Gasteiger partial charge in [-0.25, -0.2) is 14.5 Å². The first-order chi connectivity index (χ1) is 9.02. The lowest BCUT2D eigenvalue weighted by Crippen LogP contribution is -2.08. The van der Waals surface area contributed by atoms with Crippen molar-refractivity contribution in [3.8, 4) is 11.8 Å². The van der Waals surface area contributed by atoms with Crippen molar-refractivity contribution in [1.29, 1.82) is 0 Å². The Hall–Kier alpha value is -2.57. The molecule has 0 aromatic carbocycles. The standard InChI is InChI=1S/C12H14N4O3/c1-7-6-9(16(2)15-7)19-11-10(13)8(4-5-14-11)12(17)18-3/h4-6H,13H2,1-3H3. The fourth-order valence-electron chi connectivity index (χ4n) is 1.60. The zero-order valence-electron chi connectivity index (χ0n) is 10.9. The highest BCUT2D eigenvalue weighted by atomic mass is 16.5. The summed E-state index contributed by atoms with van der Waals surface area (Å²) in [6.45, 7) is 1.84. The quantitative estimate of drug-likeness (QED) is 0.838. The van der Waals surface area contributed by atoms with E-state index in [1.54, 1.807) is 17.8 Å². The average Bonchev–Trinajstić information content (AvgIpc) is 2.69. The lowest BCUT2D eigenvalue weighted by atomic mass is 10.2. The molecule has 2 heterocycles. The highest BCUT2D eigenvalue weighted by Crippen LogP contribution is 2.27. The van der Waals surface area contributed by atoms with Gasteiger partial charge < -0.3 is 15.2 Å². The van der Waals surface area contributed by atoms with E-state index < -0.39 is 5.97 Å². The number of carbonyl (C=O) groups is 1. The van der Waals surface area contributed by atoms with E-state index in [2.05, 4.69) is 14.8 Å². The molecule has 7 heteroatoms. The molecule has 0 amide bonds. The van der Waals surface area contributed by atoms with Crippen LogP contribution in [0.3, 0.4) is 0 Å². The number of anilines is 1. The second-order valence-corrected chi connectivity index (χ2v) is 3.92. The maximum Gasteiger partial charge on any atom is 0.340 e. The molecule has 0 bridgehead atoms. The number of hydrogen-bond acceptors (Lipinski definition) is 6. The van der Waals surface area contributed by atoms with Gasteiger partial charge in [-0.15, -0.1) is 0 Å². The molecule has 0 saturated heterocycles. The van der Waals surface area contributed by atoms with E-state index in [-0.39, 0.29) is 17.1 Å². The van der Waals surface area contributed by atoms with Gasteiger partial charge in [0.25, 0.3) is 0 Å². The Balaban J connectivity index is 2.36. The van der Waals surface area contributed by atoms with Gasteiger partial charge in [-0.1, -0.05) is 0 Å². The predicted molar refractivity (Wildman–Crippen MR) is 68.0 cm³/mol. The molecule has 0 aliphatic rings. The minimum absolute atomic E-state index is 0.133. The van der Waals surface area contributed by atoms with E-state index in [9.17, 15) is 4.79 Å². The molecule has 7 nitrogen and oxygen atoms in total. The van der Waals surface area contributed by atoms with Crippen molar-refractivity contribution < 1.29 is 14.3 Å². The Morgan fingerprint density at radius 2 is 2.21 bits per heavy atom. The first-order valence-corrected chi connectivity index (χ1v) is 5.54. The fourth-order valence-corrected chi connectivity index (χ4v) is 1.60. The van der Waals surface area contributed by atoms with Crippen LogP contribution in [0.15, 0.2) is 18.3 Å². The summed E-state index contributed by atoms with van der Waals surface area (Å²) in [7, 11) is 3.02. The van der Waals surface area contributed by atoms with E-state index in [4.69, 9.17) is 10.5 Å². The number of aromatic nitrogens is 3. The zero-order chi connectivity index (χ0) is 14.0. The van der Waals surface area contributed by atoms with Crippen LogP contribution in [0.2, 0.25) is 0 Å². The number of carbonyl (C=O) groups excluding carboxylic acids is 1. The van der Waals surface area contributed by atoms with E-state index in [0.29, 0.717) is 5.88 Å². The molecule has 0 radical (unpaired) electrons. The van der Waals surface area contributed by atoms with Crippen LogP contribution in [0.4, 0.5) is 5.69 Å². The van der Waals surface area contributed by atoms with Crippen LogP contribution in [0.1, 0.15) is 16.1 Å². The molecule has 19 heavy (non-hydrogen) atoms. The van der Waals surface area contributed by atoms with Gasteiger partial charge in [0.1, 0.15) is 5.69 Å². The molecule has 2 aromatic rings. The summed E-state index contributed by atoms with van der Waals surface area (Å²) < 4.78 is 11.7. The number of hydrogen-bond donors (Lipinski definition) is 1. The summed E-state index contributed by atoms with van der Waals surface area (Å²) in [4.78, 5) is 15.5. The minimum Gasteiger partial charge on any atom is -0.465 e. The van der Waals surface area contributed by atoms with E-state index in [1.165, 1.54) is 19.4 Å². The van der Waals surface area contributed by atoms with Crippen molar-refractivity contribution in [2.45, 2.75) is 6.92 Å². The number of nitrogen functional groups attached to an aromatic ring is 1. The Bertz CT molecular complexity index is 621. The average molecular weight is 262 g/mol. The third-order valence-corrected chi connectivity index (χ3v) is 2.52. The Labute approximate surface area is 110 Å². The van der Waals surface area contributed by atoms with Gasteiger partial charge in [0.15, 0.2) is 0 Å². The molecule has 2 N–H and O–H groups in total. The molecule has 0 unspecified atom stereocenters. The number of esters is 1. The third-order valence-electron chi connectivity index (χ3n) is 2.52. The van der Waals surface area contributed by atoms with Crippen LogP contribution in [0, 0.1) is 6.92 Å². The number of pyridine rings is 1. The highest BCUT2D eigenvalue weighted by Gasteiger charge is 2.16. The smallest absolute Gasteiger partial charge is 0.340 e. The number of nitrogens with zero attached hydrogens (tertiary/aromatic N) is 3. The molecule has 0 atom stereocenters. The second kappa shape index (κ2) is 4.97. The predicted octanol–water partition coefficient (Wildman–Crippen LogP) is 1.28. The third kappa shape index (κ3) is 2.49. The van der Waals surface area contributed by atoms with Crippen LogP contribution < -0.4 is 10.5 Å². The largest absolute Gasteiger partial charge is 0.465 e. The molecule has 100 valence electrons. The number of methoxy groups -OCH3 is 1. The Morgan fingerprint density at radius 3 is 2.79 bits per heavy atom. The summed E-state index contributed by atoms with van der Waals surface area (Å²) in [6.07, 6.45) is 1.43. The van der Waals surface area contributed by atoms with Crippen LogP contribution in [0.5, 0.6) is 11.8 Å². The van der Waals surface area contributed by atoms with Crippen LogP contribution in [0.25, 0.3) is 0 Å². The van der Waals surface area contributed by atoms with Crippen molar-refractivity contribution in [2.75, 3.05) is 12.8 Å². The summed E-state index contributed by atoms with van der Waals surface area (Å²) >= 11 is 0. The van der Waals surface area contributed by atoms with Crippen molar-refractivity contribution in [2.24, 2.45) is 7.05 Å². The number of nitrogens with two attached hydrogens (primary N) is 1. The van der Waals surface area contributed by atoms with Crippen LogP contribution in [-0.4, -0.2) is 27.8 Å². The molecular weight excluding hydrogens is 248 g/mol. The number of aryl methyl sites for hydroxylation is 2. The molecule has 0 aliphatic heterocycles. The summed E-state index contributed by atoms with van der Waals surface area (Å²) in [5.41, 5.74) is 7.00. The molecular formula is C12H14N4O3. The molecule has 0 saturated carbocycles. The molecule has 0 spiro atoms. The first kappa shape index (κ1) is 12.9. The molecule has 0 fully saturated rings. The van der Waals surface area contributed by atoms with Crippen LogP contribution >= 0.6 is 0 Å². The number of ether oxygens (including phenoxy) is 2. The SMILES string of the molecule is COC(=O)c1ccnc(Oc2cc(C)nn2C)c1N. The maximum absolute atomic E-state index is 11.5. The van der Waals surface area contributed by atoms with Gasteiger partial charge in [0, 0.05) is 19.3 Å². The molecule has 2 rings (SSSR count). The minimum atomic E-state index is -0.536. The number of rotatable bonds is 3. The van der Waals surface area contributed by atoms with Crippen molar-refractivity contribution >= 4 is 11.7 Å². The zero-order valence-corrected chi connectivity index (χ0v) is 10.9. The van der Waals surface area contributed by atoms with Gasteiger partial charge in [-0.3, -0.25) is 0 Å². The van der Waals surface area contributed by atoms with Crippen molar-refractivity contribution in [1.82, 2.24) is 14.8 Å². The van der Waals surface area contributed by atoms with E-state index in [1.807, 2.05) is 6.92 Å². The van der Waals surface area contributed by atoms with Gasteiger partial charge in [-0.2, -0.15) is 5.10 Å².